The van der Waals surface area contributed by atoms with E-state index in [1.54, 1.807) is 0 Å². The van der Waals surface area contributed by atoms with Gasteiger partial charge in [0.25, 0.3) is 5.91 Å². The predicted molar refractivity (Wildman–Crippen MR) is 96.2 cm³/mol. The predicted octanol–water partition coefficient (Wildman–Crippen LogP) is 3.68. The van der Waals surface area contributed by atoms with Crippen molar-refractivity contribution in [2.75, 3.05) is 19.0 Å². The maximum atomic E-state index is 12.5. The van der Waals surface area contributed by atoms with Gasteiger partial charge in [0.05, 0.1) is 5.56 Å². The van der Waals surface area contributed by atoms with Gasteiger partial charge in [-0.05, 0) is 51.5 Å². The fourth-order valence-electron chi connectivity index (χ4n) is 2.99. The molecule has 1 N–H and O–H groups in total. The normalized spacial score (nSPS) is 10.9. The van der Waals surface area contributed by atoms with Gasteiger partial charge >= 0.3 is 0 Å². The molecule has 124 valence electrons. The van der Waals surface area contributed by atoms with Crippen molar-refractivity contribution in [1.29, 1.82) is 0 Å². The first-order valence-corrected chi connectivity index (χ1v) is 8.04. The molecule has 1 aromatic heterocycles. The standard InChI is InChI=1S/C19H27N3O/c1-13(2)22-14(3)11-18(15(22)4)19(23)20-12-16-7-9-17(10-8-16)21(5)6/h7-11,13H,12H2,1-6H3,(H,20,23). The Labute approximate surface area is 139 Å². The summed E-state index contributed by atoms with van der Waals surface area (Å²) in [4.78, 5) is 14.5. The second-order valence-electron chi connectivity index (χ2n) is 6.49. The van der Waals surface area contributed by atoms with E-state index in [-0.39, 0.29) is 5.91 Å². The van der Waals surface area contributed by atoms with Crippen molar-refractivity contribution in [1.82, 2.24) is 9.88 Å². The molecule has 2 aromatic rings. The van der Waals surface area contributed by atoms with E-state index >= 15 is 0 Å². The van der Waals surface area contributed by atoms with Gasteiger partial charge in [0, 0.05) is 43.8 Å². The number of hydrogen-bond donors (Lipinski definition) is 1. The van der Waals surface area contributed by atoms with Crippen LogP contribution in [0, 0.1) is 13.8 Å². The lowest BCUT2D eigenvalue weighted by Gasteiger charge is -2.14. The van der Waals surface area contributed by atoms with Crippen LogP contribution < -0.4 is 10.2 Å². The monoisotopic (exact) mass is 313 g/mol. The summed E-state index contributed by atoms with van der Waals surface area (Å²) >= 11 is 0. The summed E-state index contributed by atoms with van der Waals surface area (Å²) in [6.45, 7) is 8.86. The van der Waals surface area contributed by atoms with Crippen LogP contribution in [0.2, 0.25) is 0 Å². The van der Waals surface area contributed by atoms with Gasteiger partial charge in [0.15, 0.2) is 0 Å². The maximum absolute atomic E-state index is 12.5. The third-order valence-electron chi connectivity index (χ3n) is 4.15. The number of carbonyl (C=O) groups is 1. The van der Waals surface area contributed by atoms with Crippen molar-refractivity contribution >= 4 is 11.6 Å². The highest BCUT2D eigenvalue weighted by molar-refractivity contribution is 5.95. The highest BCUT2D eigenvalue weighted by atomic mass is 16.1. The summed E-state index contributed by atoms with van der Waals surface area (Å²) < 4.78 is 2.20. The summed E-state index contributed by atoms with van der Waals surface area (Å²) in [5.41, 5.74) is 5.17. The van der Waals surface area contributed by atoms with Gasteiger partial charge in [-0.15, -0.1) is 0 Å². The van der Waals surface area contributed by atoms with Gasteiger partial charge < -0.3 is 14.8 Å². The first-order chi connectivity index (χ1) is 10.8. The highest BCUT2D eigenvalue weighted by Crippen LogP contribution is 2.20. The fraction of sp³-hybridized carbons (Fsp3) is 0.421. The average molecular weight is 313 g/mol. The lowest BCUT2D eigenvalue weighted by molar-refractivity contribution is 0.0950. The molecule has 1 aromatic carbocycles. The molecule has 23 heavy (non-hydrogen) atoms. The third-order valence-corrected chi connectivity index (χ3v) is 4.15. The molecule has 0 aliphatic rings. The molecule has 0 bridgehead atoms. The third kappa shape index (κ3) is 3.76. The zero-order valence-electron chi connectivity index (χ0n) is 15.0. The molecule has 0 saturated heterocycles. The Balaban J connectivity index is 2.07. The van der Waals surface area contributed by atoms with Crippen LogP contribution in [-0.2, 0) is 6.54 Å². The summed E-state index contributed by atoms with van der Waals surface area (Å²) in [5, 5.41) is 3.02. The number of aromatic nitrogens is 1. The first kappa shape index (κ1) is 17.1. The maximum Gasteiger partial charge on any atom is 0.253 e. The van der Waals surface area contributed by atoms with E-state index in [9.17, 15) is 4.79 Å². The van der Waals surface area contributed by atoms with Crippen molar-refractivity contribution < 1.29 is 4.79 Å². The SMILES string of the molecule is Cc1cc(C(=O)NCc2ccc(N(C)C)cc2)c(C)n1C(C)C. The van der Waals surface area contributed by atoms with Crippen molar-refractivity contribution in [2.45, 2.75) is 40.3 Å². The Kier molecular flexibility index (Phi) is 5.14. The van der Waals surface area contributed by atoms with Crippen LogP contribution in [0.15, 0.2) is 30.3 Å². The molecule has 0 spiro atoms. The highest BCUT2D eigenvalue weighted by Gasteiger charge is 2.16. The molecule has 1 heterocycles. The fourth-order valence-corrected chi connectivity index (χ4v) is 2.99. The van der Waals surface area contributed by atoms with E-state index in [1.807, 2.05) is 46.1 Å². The molecule has 0 aliphatic carbocycles. The van der Waals surface area contributed by atoms with E-state index in [1.165, 1.54) is 0 Å². The molecular formula is C19H27N3O. The number of hydrogen-bond acceptors (Lipinski definition) is 2. The van der Waals surface area contributed by atoms with Crippen LogP contribution in [0.5, 0.6) is 0 Å². The van der Waals surface area contributed by atoms with E-state index in [2.05, 4.69) is 40.8 Å². The smallest absolute Gasteiger partial charge is 0.253 e. The Hall–Kier alpha value is -2.23. The summed E-state index contributed by atoms with van der Waals surface area (Å²) in [5.74, 6) is -0.0123. The minimum absolute atomic E-state index is 0.0123. The second kappa shape index (κ2) is 6.90. The molecule has 4 heteroatoms. The summed E-state index contributed by atoms with van der Waals surface area (Å²) in [6.07, 6.45) is 0. The molecule has 0 saturated carbocycles. The summed E-state index contributed by atoms with van der Waals surface area (Å²) in [6, 6.07) is 10.5. The Morgan fingerprint density at radius 1 is 1.17 bits per heavy atom. The lowest BCUT2D eigenvalue weighted by atomic mass is 10.2. The number of aryl methyl sites for hydroxylation is 1. The van der Waals surface area contributed by atoms with Crippen molar-refractivity contribution in [3.05, 3.63) is 52.8 Å². The van der Waals surface area contributed by atoms with Gasteiger partial charge in [-0.1, -0.05) is 12.1 Å². The van der Waals surface area contributed by atoms with Crippen LogP contribution in [0.3, 0.4) is 0 Å². The van der Waals surface area contributed by atoms with Gasteiger partial charge in [0.1, 0.15) is 0 Å². The second-order valence-corrected chi connectivity index (χ2v) is 6.49. The number of anilines is 1. The van der Waals surface area contributed by atoms with Crippen LogP contribution in [0.4, 0.5) is 5.69 Å². The number of nitrogens with zero attached hydrogens (tertiary/aromatic N) is 2. The van der Waals surface area contributed by atoms with Gasteiger partial charge in [-0.25, -0.2) is 0 Å². The van der Waals surface area contributed by atoms with Gasteiger partial charge in [-0.2, -0.15) is 0 Å². The zero-order chi connectivity index (χ0) is 17.1. The van der Waals surface area contributed by atoms with Crippen LogP contribution in [0.25, 0.3) is 0 Å². The summed E-state index contributed by atoms with van der Waals surface area (Å²) in [7, 11) is 4.03. The Morgan fingerprint density at radius 3 is 2.26 bits per heavy atom. The average Bonchev–Trinajstić information content (AvgIpc) is 2.80. The van der Waals surface area contributed by atoms with Gasteiger partial charge in [0.2, 0.25) is 0 Å². The van der Waals surface area contributed by atoms with Crippen molar-refractivity contribution in [3.8, 4) is 0 Å². The van der Waals surface area contributed by atoms with Gasteiger partial charge in [-0.3, -0.25) is 4.79 Å². The van der Waals surface area contributed by atoms with Crippen molar-refractivity contribution in [3.63, 3.8) is 0 Å². The Bertz CT molecular complexity index is 681. The van der Waals surface area contributed by atoms with E-state index < -0.39 is 0 Å². The quantitative estimate of drug-likeness (QED) is 0.914. The lowest BCUT2D eigenvalue weighted by Crippen LogP contribution is -2.23. The van der Waals surface area contributed by atoms with E-state index in [0.717, 1.165) is 28.2 Å². The van der Waals surface area contributed by atoms with Crippen LogP contribution >= 0.6 is 0 Å². The number of rotatable bonds is 5. The first-order valence-electron chi connectivity index (χ1n) is 8.04. The molecule has 0 radical (unpaired) electrons. The molecule has 0 aliphatic heterocycles. The Morgan fingerprint density at radius 2 is 1.78 bits per heavy atom. The van der Waals surface area contributed by atoms with Crippen LogP contribution in [0.1, 0.15) is 47.2 Å². The number of carbonyl (C=O) groups excluding carboxylic acids is 1. The minimum atomic E-state index is -0.0123. The van der Waals surface area contributed by atoms with Crippen molar-refractivity contribution in [2.24, 2.45) is 0 Å². The number of nitrogens with one attached hydrogen (secondary N) is 1. The molecule has 1 amide bonds. The molecule has 2 rings (SSSR count). The molecule has 0 unspecified atom stereocenters. The number of amides is 1. The minimum Gasteiger partial charge on any atom is -0.378 e. The molecule has 4 nitrogen and oxygen atoms in total. The molecular weight excluding hydrogens is 286 g/mol. The van der Waals surface area contributed by atoms with E-state index in [0.29, 0.717) is 12.6 Å². The topological polar surface area (TPSA) is 37.3 Å². The number of benzene rings is 1. The molecule has 0 atom stereocenters. The molecule has 0 fully saturated rings. The largest absolute Gasteiger partial charge is 0.378 e. The zero-order valence-corrected chi connectivity index (χ0v) is 15.0. The van der Waals surface area contributed by atoms with E-state index in [4.69, 9.17) is 0 Å². The van der Waals surface area contributed by atoms with Crippen LogP contribution in [-0.4, -0.2) is 24.6 Å².